The van der Waals surface area contributed by atoms with Crippen LogP contribution in [0.2, 0.25) is 0 Å². The van der Waals surface area contributed by atoms with Crippen LogP contribution in [0, 0.1) is 0 Å². The van der Waals surface area contributed by atoms with Crippen molar-refractivity contribution in [1.82, 2.24) is 16.0 Å². The number of carboxylic acid groups (broad SMARTS) is 2. The van der Waals surface area contributed by atoms with Crippen LogP contribution in [0.15, 0.2) is 0 Å². The quantitative estimate of drug-likeness (QED) is 0.175. The van der Waals surface area contributed by atoms with E-state index in [1.165, 1.54) is 0 Å². The standard InChI is InChI=1S/C13H21N5O8/c14-6(3-8(15)19)12(25)18-7(1-2-10(21)22)13(26)17-4-9(20)16-5-11(23)24/h6-7H,1-5,14H2,(H2,15,19)(H,16,20)(H,17,26)(H,18,25)(H,21,22)(H,23,24). The first kappa shape index (κ1) is 22.8. The van der Waals surface area contributed by atoms with E-state index >= 15 is 0 Å². The molecule has 26 heavy (non-hydrogen) atoms. The summed E-state index contributed by atoms with van der Waals surface area (Å²) in [5, 5.41) is 23.4. The minimum atomic E-state index is -1.33. The second kappa shape index (κ2) is 11.4. The maximum absolute atomic E-state index is 12.0. The highest BCUT2D eigenvalue weighted by Crippen LogP contribution is 2.00. The zero-order valence-corrected chi connectivity index (χ0v) is 13.7. The van der Waals surface area contributed by atoms with Crippen LogP contribution in [0.1, 0.15) is 19.3 Å². The Bertz CT molecular complexity index is 579. The number of hydrogen-bond acceptors (Lipinski definition) is 7. The van der Waals surface area contributed by atoms with E-state index in [1.54, 1.807) is 0 Å². The summed E-state index contributed by atoms with van der Waals surface area (Å²) >= 11 is 0. The number of carboxylic acids is 2. The number of carbonyl (C=O) groups is 6. The molecule has 0 radical (unpaired) electrons. The molecule has 0 bridgehead atoms. The van der Waals surface area contributed by atoms with Gasteiger partial charge < -0.3 is 37.6 Å². The second-order valence-corrected chi connectivity index (χ2v) is 5.16. The molecule has 0 fully saturated rings. The highest BCUT2D eigenvalue weighted by Gasteiger charge is 2.25. The smallest absolute Gasteiger partial charge is 0.322 e. The molecular formula is C13H21N5O8. The molecule has 13 heteroatoms. The number of aliphatic carboxylic acids is 2. The van der Waals surface area contributed by atoms with Gasteiger partial charge in [0.25, 0.3) is 0 Å². The largest absolute Gasteiger partial charge is 0.481 e. The van der Waals surface area contributed by atoms with Gasteiger partial charge in [0, 0.05) is 6.42 Å². The topological polar surface area (TPSA) is 231 Å². The van der Waals surface area contributed by atoms with Crippen molar-refractivity contribution in [2.75, 3.05) is 13.1 Å². The molecule has 0 aliphatic heterocycles. The first-order valence-electron chi connectivity index (χ1n) is 7.35. The minimum Gasteiger partial charge on any atom is -0.481 e. The summed E-state index contributed by atoms with van der Waals surface area (Å²) in [6.45, 7) is -1.23. The van der Waals surface area contributed by atoms with E-state index in [0.29, 0.717) is 0 Å². The van der Waals surface area contributed by atoms with E-state index in [0.717, 1.165) is 0 Å². The van der Waals surface area contributed by atoms with Gasteiger partial charge in [0.2, 0.25) is 23.6 Å². The first-order valence-corrected chi connectivity index (χ1v) is 7.35. The molecule has 0 aliphatic carbocycles. The molecule has 4 amide bonds. The molecule has 0 rings (SSSR count). The Balaban J connectivity index is 4.73. The molecule has 0 aromatic carbocycles. The number of nitrogens with two attached hydrogens (primary N) is 2. The molecule has 13 nitrogen and oxygen atoms in total. The summed E-state index contributed by atoms with van der Waals surface area (Å²) in [5.41, 5.74) is 10.3. The third kappa shape index (κ3) is 10.5. The SMILES string of the molecule is NC(=O)CC(N)C(=O)NC(CCC(=O)O)C(=O)NCC(=O)NCC(=O)O. The molecule has 0 heterocycles. The lowest BCUT2D eigenvalue weighted by molar-refractivity contribution is -0.138. The van der Waals surface area contributed by atoms with Gasteiger partial charge in [-0.05, 0) is 6.42 Å². The summed E-state index contributed by atoms with van der Waals surface area (Å²) in [7, 11) is 0. The lowest BCUT2D eigenvalue weighted by Crippen LogP contribution is -2.53. The molecule has 0 aromatic heterocycles. The number of nitrogens with one attached hydrogen (secondary N) is 3. The average molecular weight is 375 g/mol. The van der Waals surface area contributed by atoms with Gasteiger partial charge in [-0.3, -0.25) is 28.8 Å². The van der Waals surface area contributed by atoms with Gasteiger partial charge in [-0.1, -0.05) is 0 Å². The van der Waals surface area contributed by atoms with E-state index in [9.17, 15) is 28.8 Å². The fourth-order valence-electron chi connectivity index (χ4n) is 1.65. The Morgan fingerprint density at radius 3 is 2.00 bits per heavy atom. The van der Waals surface area contributed by atoms with E-state index in [4.69, 9.17) is 21.7 Å². The van der Waals surface area contributed by atoms with Gasteiger partial charge in [0.1, 0.15) is 12.6 Å². The lowest BCUT2D eigenvalue weighted by atomic mass is 10.1. The van der Waals surface area contributed by atoms with Crippen molar-refractivity contribution < 1.29 is 39.0 Å². The predicted octanol–water partition coefficient (Wildman–Crippen LogP) is -4.14. The Morgan fingerprint density at radius 1 is 0.885 bits per heavy atom. The fourth-order valence-corrected chi connectivity index (χ4v) is 1.65. The highest BCUT2D eigenvalue weighted by atomic mass is 16.4. The predicted molar refractivity (Wildman–Crippen MR) is 84.2 cm³/mol. The van der Waals surface area contributed by atoms with Gasteiger partial charge in [0.05, 0.1) is 19.0 Å². The van der Waals surface area contributed by atoms with Crippen LogP contribution in [-0.2, 0) is 28.8 Å². The van der Waals surface area contributed by atoms with E-state index in [2.05, 4.69) is 10.6 Å². The Kier molecular flexibility index (Phi) is 9.95. The molecule has 0 aromatic rings. The summed E-state index contributed by atoms with van der Waals surface area (Å²) in [5.74, 6) is -5.91. The van der Waals surface area contributed by atoms with Crippen LogP contribution < -0.4 is 27.4 Å². The molecular weight excluding hydrogens is 354 g/mol. The third-order valence-electron chi connectivity index (χ3n) is 2.90. The summed E-state index contributed by atoms with van der Waals surface area (Å²) in [6.07, 6.45) is -1.24. The van der Waals surface area contributed by atoms with Gasteiger partial charge in [0.15, 0.2) is 0 Å². The maximum Gasteiger partial charge on any atom is 0.322 e. The van der Waals surface area contributed by atoms with Crippen molar-refractivity contribution in [3.63, 3.8) is 0 Å². The molecule has 0 spiro atoms. The van der Waals surface area contributed by atoms with E-state index in [1.807, 2.05) is 5.32 Å². The minimum absolute atomic E-state index is 0.299. The summed E-state index contributed by atoms with van der Waals surface area (Å²) < 4.78 is 0. The van der Waals surface area contributed by atoms with Crippen LogP contribution in [0.5, 0.6) is 0 Å². The number of rotatable bonds is 12. The third-order valence-corrected chi connectivity index (χ3v) is 2.90. The van der Waals surface area contributed by atoms with Crippen LogP contribution >= 0.6 is 0 Å². The molecule has 2 unspecified atom stereocenters. The Morgan fingerprint density at radius 2 is 1.50 bits per heavy atom. The highest BCUT2D eigenvalue weighted by molar-refractivity contribution is 5.93. The maximum atomic E-state index is 12.0. The van der Waals surface area contributed by atoms with Crippen molar-refractivity contribution in [2.24, 2.45) is 11.5 Å². The lowest BCUT2D eigenvalue weighted by Gasteiger charge is -2.19. The van der Waals surface area contributed by atoms with Crippen LogP contribution in [0.3, 0.4) is 0 Å². The summed E-state index contributed by atoms with van der Waals surface area (Å²) in [4.78, 5) is 66.9. The van der Waals surface area contributed by atoms with Gasteiger partial charge >= 0.3 is 11.9 Å². The monoisotopic (exact) mass is 375 g/mol. The molecule has 146 valence electrons. The van der Waals surface area contributed by atoms with Crippen molar-refractivity contribution in [1.29, 1.82) is 0 Å². The van der Waals surface area contributed by atoms with Crippen LogP contribution in [0.4, 0.5) is 0 Å². The molecule has 0 saturated heterocycles. The molecule has 9 N–H and O–H groups in total. The average Bonchev–Trinajstić information content (AvgIpc) is 2.53. The van der Waals surface area contributed by atoms with E-state index in [-0.39, 0.29) is 6.42 Å². The number of amides is 4. The van der Waals surface area contributed by atoms with Gasteiger partial charge in [-0.2, -0.15) is 0 Å². The van der Waals surface area contributed by atoms with Gasteiger partial charge in [-0.25, -0.2) is 0 Å². The Labute approximate surface area is 147 Å². The zero-order valence-electron chi connectivity index (χ0n) is 13.7. The molecule has 0 aliphatic rings. The number of primary amides is 1. The van der Waals surface area contributed by atoms with Crippen LogP contribution in [0.25, 0.3) is 0 Å². The normalized spacial score (nSPS) is 12.3. The van der Waals surface area contributed by atoms with Crippen LogP contribution in [-0.4, -0.2) is 71.0 Å². The van der Waals surface area contributed by atoms with Crippen molar-refractivity contribution >= 4 is 35.6 Å². The van der Waals surface area contributed by atoms with Gasteiger partial charge in [-0.15, -0.1) is 0 Å². The second-order valence-electron chi connectivity index (χ2n) is 5.16. The fraction of sp³-hybridized carbons (Fsp3) is 0.538. The Hall–Kier alpha value is -3.22. The van der Waals surface area contributed by atoms with Crippen molar-refractivity contribution in [3.05, 3.63) is 0 Å². The number of hydrogen-bond donors (Lipinski definition) is 7. The van der Waals surface area contributed by atoms with E-state index < -0.39 is 73.6 Å². The molecule has 0 saturated carbocycles. The van der Waals surface area contributed by atoms with Crippen molar-refractivity contribution in [2.45, 2.75) is 31.3 Å². The zero-order chi connectivity index (χ0) is 20.3. The number of carbonyl (C=O) groups excluding carboxylic acids is 4. The van der Waals surface area contributed by atoms with Crippen molar-refractivity contribution in [3.8, 4) is 0 Å². The summed E-state index contributed by atoms with van der Waals surface area (Å²) in [6, 6.07) is -2.66. The first-order chi connectivity index (χ1) is 12.0. The molecule has 2 atom stereocenters.